The monoisotopic (exact) mass is 387 g/mol. The quantitative estimate of drug-likeness (QED) is 0.643. The molecule has 144 valence electrons. The third-order valence-electron chi connectivity index (χ3n) is 3.99. The van der Waals surface area contributed by atoms with Crippen LogP contribution in [-0.4, -0.2) is 12.3 Å². The number of hydrogen-bond acceptors (Lipinski definition) is 2. The molecule has 2 aromatic carbocycles. The summed E-state index contributed by atoms with van der Waals surface area (Å²) in [5, 5.41) is 0. The third-order valence-corrected chi connectivity index (χ3v) is 3.99. The average molecular weight is 387 g/mol. The van der Waals surface area contributed by atoms with E-state index >= 15 is 0 Å². The number of nitrogens with one attached hydrogen (secondary N) is 1. The first kappa shape index (κ1) is 19.4. The van der Waals surface area contributed by atoms with Gasteiger partial charge < -0.3 is 4.74 Å². The first-order valence-electron chi connectivity index (χ1n) is 8.60. The van der Waals surface area contributed by atoms with Crippen molar-refractivity contribution in [2.45, 2.75) is 19.2 Å². The van der Waals surface area contributed by atoms with Crippen LogP contribution in [-0.2, 0) is 11.2 Å². The number of halogens is 3. The minimum Gasteiger partial charge on any atom is -0.406 e. The van der Waals surface area contributed by atoms with E-state index in [0.717, 1.165) is 16.7 Å². The normalized spacial score (nSPS) is 11.1. The number of carbonyl (C=O) groups is 1. The molecule has 1 amide bonds. The van der Waals surface area contributed by atoms with E-state index < -0.39 is 6.36 Å². The second-order valence-electron chi connectivity index (χ2n) is 6.09. The first-order chi connectivity index (χ1) is 13.4. The molecule has 3 aromatic rings. The van der Waals surface area contributed by atoms with E-state index in [2.05, 4.69) is 10.2 Å². The Morgan fingerprint density at radius 2 is 1.46 bits per heavy atom. The molecule has 0 aliphatic rings. The minimum atomic E-state index is -4.70. The van der Waals surface area contributed by atoms with E-state index in [-0.39, 0.29) is 11.7 Å². The maximum Gasteiger partial charge on any atom is 0.573 e. The molecule has 0 aliphatic carbocycles. The summed E-state index contributed by atoms with van der Waals surface area (Å²) in [4.78, 5) is 12.0. The smallest absolute Gasteiger partial charge is 0.406 e. The van der Waals surface area contributed by atoms with Crippen molar-refractivity contribution in [2.24, 2.45) is 0 Å². The molecule has 0 bridgehead atoms. The van der Waals surface area contributed by atoms with E-state index in [9.17, 15) is 18.0 Å². The van der Waals surface area contributed by atoms with Crippen molar-refractivity contribution >= 4 is 5.91 Å². The van der Waals surface area contributed by atoms with Crippen molar-refractivity contribution < 1.29 is 27.4 Å². The van der Waals surface area contributed by atoms with Crippen LogP contribution in [0, 0.1) is 0 Å². The predicted octanol–water partition coefficient (Wildman–Crippen LogP) is 4.24. The lowest BCUT2D eigenvalue weighted by Crippen LogP contribution is -2.47. The number of aryl methyl sites for hydroxylation is 1. The van der Waals surface area contributed by atoms with Crippen LogP contribution < -0.4 is 14.8 Å². The number of hydrogen-bond donors (Lipinski definition) is 1. The number of ether oxygens (including phenoxy) is 1. The largest absolute Gasteiger partial charge is 0.573 e. The molecule has 3 rings (SSSR count). The highest BCUT2D eigenvalue weighted by Crippen LogP contribution is 2.26. The molecule has 0 saturated heterocycles. The topological polar surface area (TPSA) is 42.2 Å². The Morgan fingerprint density at radius 3 is 2.04 bits per heavy atom. The zero-order valence-corrected chi connectivity index (χ0v) is 14.8. The van der Waals surface area contributed by atoms with Crippen LogP contribution in [0.4, 0.5) is 13.2 Å². The molecule has 0 unspecified atom stereocenters. The maximum atomic E-state index is 12.2. The number of benzene rings is 2. The summed E-state index contributed by atoms with van der Waals surface area (Å²) in [7, 11) is 0. The molecule has 0 aliphatic heterocycles. The van der Waals surface area contributed by atoms with Gasteiger partial charge in [-0.1, -0.05) is 47.1 Å². The van der Waals surface area contributed by atoms with Crippen molar-refractivity contribution in [2.75, 3.05) is 5.43 Å². The Balaban J connectivity index is 1.55. The van der Waals surface area contributed by atoms with Gasteiger partial charge in [0.1, 0.15) is 5.75 Å². The van der Waals surface area contributed by atoms with E-state index in [1.807, 2.05) is 42.5 Å². The number of alkyl halides is 3. The van der Waals surface area contributed by atoms with Gasteiger partial charge >= 0.3 is 6.36 Å². The summed E-state index contributed by atoms with van der Waals surface area (Å²) in [5.41, 5.74) is 5.40. The van der Waals surface area contributed by atoms with Crippen molar-refractivity contribution in [1.82, 2.24) is 0 Å². The van der Waals surface area contributed by atoms with E-state index in [1.54, 1.807) is 29.2 Å². The standard InChI is InChI=1S/C21H17F3N2O2/c22-21(23,24)28-19-11-9-18(10-12-19)17-7-4-16(5-8-17)6-13-20(27)25-26-14-2-1-3-15-26/h1-5,7-12,14-15H,6,13H2/p+1. The lowest BCUT2D eigenvalue weighted by atomic mass is 10.0. The molecule has 1 aromatic heterocycles. The van der Waals surface area contributed by atoms with E-state index in [0.29, 0.717) is 12.8 Å². The van der Waals surface area contributed by atoms with Crippen LogP contribution in [0.1, 0.15) is 12.0 Å². The SMILES string of the molecule is O=C(CCc1ccc(-c2ccc(OC(F)(F)F)cc2)cc1)N[n+]1ccccc1. The highest BCUT2D eigenvalue weighted by atomic mass is 19.4. The Morgan fingerprint density at radius 1 is 0.893 bits per heavy atom. The van der Waals surface area contributed by atoms with E-state index in [4.69, 9.17) is 0 Å². The van der Waals surface area contributed by atoms with Gasteiger partial charge in [-0.15, -0.1) is 18.6 Å². The third kappa shape index (κ3) is 5.84. The molecule has 0 saturated carbocycles. The van der Waals surface area contributed by atoms with Crippen LogP contribution in [0.25, 0.3) is 11.1 Å². The van der Waals surface area contributed by atoms with Gasteiger partial charge in [0.05, 0.1) is 0 Å². The van der Waals surface area contributed by atoms with Gasteiger partial charge in [0, 0.05) is 18.6 Å². The minimum absolute atomic E-state index is 0.0967. The van der Waals surface area contributed by atoms with Crippen molar-refractivity contribution in [3.8, 4) is 16.9 Å². The fourth-order valence-electron chi connectivity index (χ4n) is 2.64. The number of aromatic nitrogens is 1. The molecule has 1 N–H and O–H groups in total. The second kappa shape index (κ2) is 8.56. The van der Waals surface area contributed by atoms with E-state index in [1.165, 1.54) is 12.1 Å². The van der Waals surface area contributed by atoms with Crippen LogP contribution >= 0.6 is 0 Å². The molecular weight excluding hydrogens is 369 g/mol. The maximum absolute atomic E-state index is 12.2. The molecule has 0 spiro atoms. The molecule has 0 atom stereocenters. The predicted molar refractivity (Wildman–Crippen MR) is 97.9 cm³/mol. The van der Waals surface area contributed by atoms with Gasteiger partial charge in [0.2, 0.25) is 0 Å². The molecule has 28 heavy (non-hydrogen) atoms. The zero-order valence-electron chi connectivity index (χ0n) is 14.8. The Hall–Kier alpha value is -3.35. The van der Waals surface area contributed by atoms with Crippen molar-refractivity contribution in [1.29, 1.82) is 0 Å². The molecule has 1 heterocycles. The van der Waals surface area contributed by atoms with Crippen molar-refractivity contribution in [3.05, 3.63) is 84.7 Å². The summed E-state index contributed by atoms with van der Waals surface area (Å²) >= 11 is 0. The summed E-state index contributed by atoms with van der Waals surface area (Å²) in [6, 6.07) is 18.8. The first-order valence-corrected chi connectivity index (χ1v) is 8.60. The summed E-state index contributed by atoms with van der Waals surface area (Å²) < 4.78 is 42.1. The lowest BCUT2D eigenvalue weighted by Gasteiger charge is -2.09. The van der Waals surface area contributed by atoms with Gasteiger partial charge in [-0.05, 0) is 35.2 Å². The Labute approximate surface area is 160 Å². The second-order valence-corrected chi connectivity index (χ2v) is 6.09. The van der Waals surface area contributed by atoms with Crippen LogP contribution in [0.5, 0.6) is 5.75 Å². The Kier molecular flexibility index (Phi) is 5.93. The Bertz CT molecular complexity index is 909. The zero-order chi connectivity index (χ0) is 20.0. The highest BCUT2D eigenvalue weighted by Gasteiger charge is 2.30. The van der Waals surface area contributed by atoms with Crippen molar-refractivity contribution in [3.63, 3.8) is 0 Å². The van der Waals surface area contributed by atoms with Crippen LogP contribution in [0.15, 0.2) is 79.1 Å². The van der Waals surface area contributed by atoms with Gasteiger partial charge in [0.25, 0.3) is 5.91 Å². The number of nitrogens with zero attached hydrogens (tertiary/aromatic N) is 1. The lowest BCUT2D eigenvalue weighted by molar-refractivity contribution is -0.642. The van der Waals surface area contributed by atoms with Crippen LogP contribution in [0.2, 0.25) is 0 Å². The number of amides is 1. The van der Waals surface area contributed by atoms with Crippen LogP contribution in [0.3, 0.4) is 0 Å². The summed E-state index contributed by atoms with van der Waals surface area (Å²) in [6.07, 6.45) is -0.285. The number of rotatable bonds is 6. The molecular formula is C21H18F3N2O2+. The van der Waals surface area contributed by atoms with Gasteiger partial charge in [-0.25, -0.2) is 0 Å². The fourth-order valence-corrected chi connectivity index (χ4v) is 2.64. The summed E-state index contributed by atoms with van der Waals surface area (Å²) in [6.45, 7) is 0. The average Bonchev–Trinajstić information content (AvgIpc) is 2.67. The van der Waals surface area contributed by atoms with Gasteiger partial charge in [-0.3, -0.25) is 4.79 Å². The molecule has 0 fully saturated rings. The summed E-state index contributed by atoms with van der Waals surface area (Å²) in [5.74, 6) is -0.351. The fraction of sp³-hybridized carbons (Fsp3) is 0.143. The van der Waals surface area contributed by atoms with Gasteiger partial charge in [0.15, 0.2) is 12.4 Å². The number of pyridine rings is 1. The molecule has 4 nitrogen and oxygen atoms in total. The molecule has 0 radical (unpaired) electrons. The molecule has 7 heteroatoms. The number of carbonyl (C=O) groups excluding carboxylic acids is 1. The van der Waals surface area contributed by atoms with Gasteiger partial charge in [-0.2, -0.15) is 0 Å². The highest BCUT2D eigenvalue weighted by molar-refractivity contribution is 5.82.